The van der Waals surface area contributed by atoms with Crippen molar-refractivity contribution in [3.63, 3.8) is 0 Å². The second kappa shape index (κ2) is 6.19. The molecular formula is C10H17F2NO6S. The van der Waals surface area contributed by atoms with E-state index in [9.17, 15) is 22.0 Å². The molecule has 0 spiro atoms. The predicted molar refractivity (Wildman–Crippen MR) is 63.6 cm³/mol. The Morgan fingerprint density at radius 3 is 2.55 bits per heavy atom. The Labute approximate surface area is 116 Å². The molecule has 0 aromatic carbocycles. The molecule has 1 aliphatic rings. The van der Waals surface area contributed by atoms with Gasteiger partial charge in [-0.1, -0.05) is 0 Å². The zero-order valence-electron chi connectivity index (χ0n) is 11.3. The van der Waals surface area contributed by atoms with E-state index >= 15 is 0 Å². The molecule has 1 amide bonds. The summed E-state index contributed by atoms with van der Waals surface area (Å²) in [4.78, 5) is 11.8. The van der Waals surface area contributed by atoms with Crippen LogP contribution in [0.1, 0.15) is 20.8 Å². The maximum Gasteiger partial charge on any atom is 0.426 e. The lowest BCUT2D eigenvalue weighted by Crippen LogP contribution is -2.44. The van der Waals surface area contributed by atoms with Gasteiger partial charge in [0.05, 0.1) is 13.2 Å². The van der Waals surface area contributed by atoms with Gasteiger partial charge in [0.2, 0.25) is 0 Å². The Balaban J connectivity index is 2.73. The number of alkyl halides is 2. The summed E-state index contributed by atoms with van der Waals surface area (Å²) >= 11 is 0. The summed E-state index contributed by atoms with van der Waals surface area (Å²) in [5.74, 6) is 0. The summed E-state index contributed by atoms with van der Waals surface area (Å²) in [5.41, 5.74) is -0.899. The molecule has 20 heavy (non-hydrogen) atoms. The van der Waals surface area contributed by atoms with Crippen LogP contribution in [-0.4, -0.2) is 56.7 Å². The zero-order valence-corrected chi connectivity index (χ0v) is 12.2. The van der Waals surface area contributed by atoms with Crippen LogP contribution >= 0.6 is 0 Å². The second-order valence-corrected chi connectivity index (χ2v) is 6.59. The first kappa shape index (κ1) is 17.1. The van der Waals surface area contributed by atoms with Crippen molar-refractivity contribution in [2.75, 3.05) is 19.8 Å². The summed E-state index contributed by atoms with van der Waals surface area (Å²) in [6, 6.07) is -1.02. The molecule has 0 N–H and O–H groups in total. The summed E-state index contributed by atoms with van der Waals surface area (Å²) in [6.45, 7) is 3.11. The molecule has 1 fully saturated rings. The molecule has 0 aromatic heterocycles. The lowest BCUT2D eigenvalue weighted by molar-refractivity contribution is -0.00457. The van der Waals surface area contributed by atoms with Crippen LogP contribution in [0.3, 0.4) is 0 Å². The summed E-state index contributed by atoms with van der Waals surface area (Å²) in [6.07, 6.45) is -3.80. The van der Waals surface area contributed by atoms with Crippen LogP contribution in [0.2, 0.25) is 0 Å². The van der Waals surface area contributed by atoms with Gasteiger partial charge in [0, 0.05) is 0 Å². The lowest BCUT2D eigenvalue weighted by atomic mass is 10.2. The fraction of sp³-hybridized carbons (Fsp3) is 0.900. The Bertz CT molecular complexity index is 447. The lowest BCUT2D eigenvalue weighted by Gasteiger charge is -2.25. The molecule has 1 aliphatic heterocycles. The number of ether oxygens (including phenoxy) is 2. The van der Waals surface area contributed by atoms with Crippen LogP contribution in [-0.2, 0) is 24.0 Å². The molecule has 0 aliphatic carbocycles. The molecule has 7 nitrogen and oxygen atoms in total. The van der Waals surface area contributed by atoms with Gasteiger partial charge in [0.1, 0.15) is 18.2 Å². The van der Waals surface area contributed by atoms with Crippen LogP contribution in [0.25, 0.3) is 0 Å². The summed E-state index contributed by atoms with van der Waals surface area (Å²) in [5, 5.41) is 0. The number of nitrogens with zero attached hydrogens (tertiary/aromatic N) is 1. The molecule has 118 valence electrons. The molecule has 0 unspecified atom stereocenters. The number of rotatable bonds is 4. The number of amides is 1. The number of hydrogen-bond donors (Lipinski definition) is 0. The van der Waals surface area contributed by atoms with Crippen molar-refractivity contribution in [2.24, 2.45) is 0 Å². The first-order valence-electron chi connectivity index (χ1n) is 5.80. The third kappa shape index (κ3) is 4.84. The van der Waals surface area contributed by atoms with E-state index in [1.54, 1.807) is 20.8 Å². The van der Waals surface area contributed by atoms with E-state index in [1.807, 2.05) is 0 Å². The number of carbonyl (C=O) groups excluding carboxylic acids is 1. The SMILES string of the molecule is CC(C)(C)OC(=O)N1[C@@H](COCC(F)F)COS1(=O)=O. The van der Waals surface area contributed by atoms with Crippen molar-refractivity contribution < 1.29 is 35.6 Å². The van der Waals surface area contributed by atoms with Gasteiger partial charge in [-0.25, -0.2) is 13.6 Å². The van der Waals surface area contributed by atoms with Crippen LogP contribution in [0.4, 0.5) is 13.6 Å². The minimum Gasteiger partial charge on any atom is -0.443 e. The molecule has 0 saturated carbocycles. The summed E-state index contributed by atoms with van der Waals surface area (Å²) in [7, 11) is -4.27. The molecule has 0 aromatic rings. The van der Waals surface area contributed by atoms with Gasteiger partial charge < -0.3 is 9.47 Å². The number of halogens is 2. The third-order valence-electron chi connectivity index (χ3n) is 2.11. The van der Waals surface area contributed by atoms with Crippen molar-refractivity contribution in [3.8, 4) is 0 Å². The van der Waals surface area contributed by atoms with Gasteiger partial charge in [0.15, 0.2) is 0 Å². The minimum atomic E-state index is -4.27. The van der Waals surface area contributed by atoms with E-state index in [-0.39, 0.29) is 13.2 Å². The first-order valence-corrected chi connectivity index (χ1v) is 7.17. The van der Waals surface area contributed by atoms with Crippen LogP contribution in [0.15, 0.2) is 0 Å². The maximum absolute atomic E-state index is 12.0. The normalized spacial score (nSPS) is 22.3. The van der Waals surface area contributed by atoms with E-state index in [0.717, 1.165) is 0 Å². The van der Waals surface area contributed by atoms with Crippen LogP contribution in [0.5, 0.6) is 0 Å². The molecule has 0 bridgehead atoms. The van der Waals surface area contributed by atoms with E-state index in [1.165, 1.54) is 0 Å². The van der Waals surface area contributed by atoms with Gasteiger partial charge in [-0.3, -0.25) is 4.18 Å². The van der Waals surface area contributed by atoms with E-state index < -0.39 is 41.1 Å². The highest BCUT2D eigenvalue weighted by atomic mass is 32.2. The number of hydrogen-bond acceptors (Lipinski definition) is 6. The van der Waals surface area contributed by atoms with Crippen molar-refractivity contribution >= 4 is 16.4 Å². The van der Waals surface area contributed by atoms with Crippen molar-refractivity contribution in [3.05, 3.63) is 0 Å². The highest BCUT2D eigenvalue weighted by Gasteiger charge is 2.44. The van der Waals surface area contributed by atoms with Gasteiger partial charge in [0.25, 0.3) is 6.43 Å². The van der Waals surface area contributed by atoms with Gasteiger partial charge in [-0.2, -0.15) is 12.7 Å². The largest absolute Gasteiger partial charge is 0.443 e. The molecule has 1 heterocycles. The first-order chi connectivity index (χ1) is 9.03. The van der Waals surface area contributed by atoms with Crippen LogP contribution in [0, 0.1) is 0 Å². The summed E-state index contributed by atoms with van der Waals surface area (Å²) < 4.78 is 61.6. The van der Waals surface area contributed by atoms with Crippen molar-refractivity contribution in [1.29, 1.82) is 0 Å². The predicted octanol–water partition coefficient (Wildman–Crippen LogP) is 1.15. The smallest absolute Gasteiger partial charge is 0.426 e. The standard InChI is InChI=1S/C10H17F2NO6S/c1-10(2,3)19-9(14)13-7(4-17-6-8(11)12)5-18-20(13,15)16/h7-8H,4-6H2,1-3H3/t7-/m0/s1. The Morgan fingerprint density at radius 1 is 1.45 bits per heavy atom. The monoisotopic (exact) mass is 317 g/mol. The maximum atomic E-state index is 12.0. The molecule has 1 atom stereocenters. The van der Waals surface area contributed by atoms with E-state index in [2.05, 4.69) is 8.92 Å². The Hall–Kier alpha value is -1.00. The Morgan fingerprint density at radius 2 is 2.05 bits per heavy atom. The van der Waals surface area contributed by atoms with Gasteiger partial charge in [-0.05, 0) is 20.8 Å². The van der Waals surface area contributed by atoms with E-state index in [4.69, 9.17) is 4.74 Å². The molecule has 1 saturated heterocycles. The van der Waals surface area contributed by atoms with Gasteiger partial charge >= 0.3 is 16.4 Å². The van der Waals surface area contributed by atoms with Crippen LogP contribution < -0.4 is 0 Å². The fourth-order valence-electron chi connectivity index (χ4n) is 1.43. The average molecular weight is 317 g/mol. The van der Waals surface area contributed by atoms with Crippen molar-refractivity contribution in [2.45, 2.75) is 38.8 Å². The van der Waals surface area contributed by atoms with E-state index in [0.29, 0.717) is 4.31 Å². The highest BCUT2D eigenvalue weighted by molar-refractivity contribution is 7.85. The topological polar surface area (TPSA) is 82.1 Å². The van der Waals surface area contributed by atoms with Crippen molar-refractivity contribution in [1.82, 2.24) is 4.31 Å². The van der Waals surface area contributed by atoms with Gasteiger partial charge in [-0.15, -0.1) is 0 Å². The Kier molecular flexibility index (Phi) is 5.27. The molecule has 0 radical (unpaired) electrons. The second-order valence-electron chi connectivity index (χ2n) is 5.10. The third-order valence-corrected chi connectivity index (χ3v) is 3.47. The minimum absolute atomic E-state index is 0.356. The quantitative estimate of drug-likeness (QED) is 0.773. The number of carbonyl (C=O) groups is 1. The molecule has 1 rings (SSSR count). The average Bonchev–Trinajstić information content (AvgIpc) is 2.50. The fourth-order valence-corrected chi connectivity index (χ4v) is 2.58. The zero-order chi connectivity index (χ0) is 15.6. The molecule has 10 heteroatoms. The highest BCUT2D eigenvalue weighted by Crippen LogP contribution is 2.22. The molecular weight excluding hydrogens is 300 g/mol.